The summed E-state index contributed by atoms with van der Waals surface area (Å²) in [6.45, 7) is 0. The Balaban J connectivity index is 2.48. The van der Waals surface area contributed by atoms with Crippen molar-refractivity contribution >= 4 is 12.1 Å². The van der Waals surface area contributed by atoms with Gasteiger partial charge in [-0.3, -0.25) is 4.90 Å². The van der Waals surface area contributed by atoms with E-state index in [0.717, 1.165) is 0 Å². The topological polar surface area (TPSA) is 98.1 Å². The molecule has 3 N–H and O–H groups in total. The minimum Gasteiger partial charge on any atom is -0.480 e. The summed E-state index contributed by atoms with van der Waals surface area (Å²) in [6.07, 6.45) is -2.81. The Hall–Kier alpha value is -2.08. The number of fused-ring (bicyclic) bond motifs is 1. The van der Waals surface area contributed by atoms with Crippen molar-refractivity contribution in [1.29, 1.82) is 0 Å². The van der Waals surface area contributed by atoms with Gasteiger partial charge >= 0.3 is 12.1 Å². The van der Waals surface area contributed by atoms with E-state index in [4.69, 9.17) is 10.2 Å². The van der Waals surface area contributed by atoms with Gasteiger partial charge in [0.05, 0.1) is 0 Å². The van der Waals surface area contributed by atoms with E-state index in [0.29, 0.717) is 16.0 Å². The molecule has 17 heavy (non-hydrogen) atoms. The highest BCUT2D eigenvalue weighted by Crippen LogP contribution is 2.31. The Morgan fingerprint density at radius 3 is 2.47 bits per heavy atom. The second-order valence-corrected chi connectivity index (χ2v) is 3.82. The molecule has 2 unspecified atom stereocenters. The van der Waals surface area contributed by atoms with Crippen LogP contribution >= 0.6 is 0 Å². The van der Waals surface area contributed by atoms with Crippen LogP contribution < -0.4 is 0 Å². The summed E-state index contributed by atoms with van der Waals surface area (Å²) in [5.41, 5.74) is 1.09. The first kappa shape index (κ1) is 11.4. The molecule has 0 spiro atoms. The lowest BCUT2D eigenvalue weighted by molar-refractivity contribution is -0.147. The van der Waals surface area contributed by atoms with E-state index in [1.54, 1.807) is 24.3 Å². The largest absolute Gasteiger partial charge is 0.480 e. The van der Waals surface area contributed by atoms with E-state index >= 15 is 0 Å². The van der Waals surface area contributed by atoms with Crippen LogP contribution in [0, 0.1) is 0 Å². The van der Waals surface area contributed by atoms with Gasteiger partial charge in [0.1, 0.15) is 6.04 Å². The van der Waals surface area contributed by atoms with Crippen LogP contribution in [0.5, 0.6) is 0 Å². The highest BCUT2D eigenvalue weighted by Gasteiger charge is 2.40. The van der Waals surface area contributed by atoms with Gasteiger partial charge in [-0.25, -0.2) is 9.59 Å². The smallest absolute Gasteiger partial charge is 0.410 e. The summed E-state index contributed by atoms with van der Waals surface area (Å²) in [4.78, 5) is 22.6. The molecule has 1 aromatic rings. The van der Waals surface area contributed by atoms with Gasteiger partial charge in [0.15, 0.2) is 6.23 Å². The monoisotopic (exact) mass is 237 g/mol. The fourth-order valence-corrected chi connectivity index (χ4v) is 2.04. The number of carboxylic acids is 1. The van der Waals surface area contributed by atoms with Gasteiger partial charge in [0, 0.05) is 12.0 Å². The van der Waals surface area contributed by atoms with Crippen LogP contribution in [-0.2, 0) is 11.2 Å². The van der Waals surface area contributed by atoms with E-state index in [1.165, 1.54) is 0 Å². The standard InChI is InChI=1S/C11H11NO5/c13-9-7-4-2-1-3-6(7)5-8(10(14)15)12(9)11(16)17/h1-4,8-9,13H,5H2,(H,14,15)(H,16,17). The lowest BCUT2D eigenvalue weighted by Gasteiger charge is -2.36. The molecule has 0 saturated carbocycles. The molecule has 0 radical (unpaired) electrons. The summed E-state index contributed by atoms with van der Waals surface area (Å²) in [5.74, 6) is -1.26. The van der Waals surface area contributed by atoms with Crippen molar-refractivity contribution in [1.82, 2.24) is 4.90 Å². The Kier molecular flexibility index (Phi) is 2.72. The fraction of sp³-hybridized carbons (Fsp3) is 0.273. The van der Waals surface area contributed by atoms with Gasteiger partial charge < -0.3 is 15.3 Å². The second kappa shape index (κ2) is 4.06. The molecule has 6 heteroatoms. The zero-order valence-electron chi connectivity index (χ0n) is 8.78. The van der Waals surface area contributed by atoms with Crippen LogP contribution in [0.2, 0.25) is 0 Å². The molecule has 0 saturated heterocycles. The lowest BCUT2D eigenvalue weighted by atomic mass is 9.93. The number of aliphatic hydroxyl groups is 1. The van der Waals surface area contributed by atoms with Gasteiger partial charge in [-0.1, -0.05) is 24.3 Å². The molecule has 0 fully saturated rings. The fourth-order valence-electron chi connectivity index (χ4n) is 2.04. The SMILES string of the molecule is O=C(O)C1Cc2ccccc2C(O)N1C(=O)O. The lowest BCUT2D eigenvalue weighted by Crippen LogP contribution is -2.50. The summed E-state index contributed by atoms with van der Waals surface area (Å²) >= 11 is 0. The van der Waals surface area contributed by atoms with E-state index < -0.39 is 24.3 Å². The Morgan fingerprint density at radius 1 is 1.24 bits per heavy atom. The van der Waals surface area contributed by atoms with Crippen LogP contribution in [0.4, 0.5) is 4.79 Å². The third-order valence-electron chi connectivity index (χ3n) is 2.85. The first-order valence-electron chi connectivity index (χ1n) is 5.02. The molecule has 90 valence electrons. The molecule has 1 aliphatic rings. The molecule has 6 nitrogen and oxygen atoms in total. The maximum atomic E-state index is 11.0. The van der Waals surface area contributed by atoms with E-state index in [9.17, 15) is 14.7 Å². The molecule has 1 amide bonds. The second-order valence-electron chi connectivity index (χ2n) is 3.82. The van der Waals surface area contributed by atoms with Gasteiger partial charge in [0.25, 0.3) is 0 Å². The molecule has 1 aromatic carbocycles. The summed E-state index contributed by atoms with van der Waals surface area (Å²) in [6, 6.07) is 5.42. The Labute approximate surface area is 96.7 Å². The molecule has 2 rings (SSSR count). The molecule has 1 aliphatic heterocycles. The Morgan fingerprint density at radius 2 is 1.88 bits per heavy atom. The number of nitrogens with zero attached hydrogens (tertiary/aromatic N) is 1. The maximum Gasteiger partial charge on any atom is 0.410 e. The van der Waals surface area contributed by atoms with Crippen molar-refractivity contribution in [3.63, 3.8) is 0 Å². The van der Waals surface area contributed by atoms with Crippen molar-refractivity contribution in [2.24, 2.45) is 0 Å². The predicted octanol–water partition coefficient (Wildman–Crippen LogP) is 0.667. The molecule has 2 atom stereocenters. The van der Waals surface area contributed by atoms with Crippen LogP contribution in [0.15, 0.2) is 24.3 Å². The maximum absolute atomic E-state index is 11.0. The van der Waals surface area contributed by atoms with E-state index in [-0.39, 0.29) is 6.42 Å². The van der Waals surface area contributed by atoms with Gasteiger partial charge in [-0.05, 0) is 5.56 Å². The average molecular weight is 237 g/mol. The van der Waals surface area contributed by atoms with Crippen LogP contribution in [0.25, 0.3) is 0 Å². The molecular formula is C11H11NO5. The number of hydrogen-bond donors (Lipinski definition) is 3. The van der Waals surface area contributed by atoms with Crippen LogP contribution in [-0.4, -0.2) is 38.3 Å². The van der Waals surface area contributed by atoms with Gasteiger partial charge in [-0.2, -0.15) is 0 Å². The molecule has 1 heterocycles. The summed E-state index contributed by atoms with van der Waals surface area (Å²) in [5, 5.41) is 27.8. The molecule has 0 aromatic heterocycles. The van der Waals surface area contributed by atoms with Crippen LogP contribution in [0.3, 0.4) is 0 Å². The van der Waals surface area contributed by atoms with Crippen LogP contribution in [0.1, 0.15) is 17.4 Å². The van der Waals surface area contributed by atoms with Crippen molar-refractivity contribution in [2.75, 3.05) is 0 Å². The zero-order valence-corrected chi connectivity index (χ0v) is 8.78. The average Bonchev–Trinajstić information content (AvgIpc) is 2.28. The number of aliphatic carboxylic acids is 1. The van der Waals surface area contributed by atoms with Crippen molar-refractivity contribution in [3.8, 4) is 0 Å². The minimum absolute atomic E-state index is 0.0644. The molecule has 0 aliphatic carbocycles. The number of aliphatic hydroxyl groups excluding tert-OH is 1. The third-order valence-corrected chi connectivity index (χ3v) is 2.85. The quantitative estimate of drug-likeness (QED) is 0.666. The van der Waals surface area contributed by atoms with Gasteiger partial charge in [0.2, 0.25) is 0 Å². The normalized spacial score (nSPS) is 23.0. The number of hydrogen-bond acceptors (Lipinski definition) is 3. The Bertz CT molecular complexity index is 473. The van der Waals surface area contributed by atoms with E-state index in [1.807, 2.05) is 0 Å². The minimum atomic E-state index is -1.44. The molecular weight excluding hydrogens is 226 g/mol. The zero-order chi connectivity index (χ0) is 12.6. The highest BCUT2D eigenvalue weighted by atomic mass is 16.4. The summed E-state index contributed by atoms with van der Waals surface area (Å²) < 4.78 is 0. The first-order chi connectivity index (χ1) is 8.02. The van der Waals surface area contributed by atoms with Crippen molar-refractivity contribution < 1.29 is 24.9 Å². The number of benzene rings is 1. The molecule has 0 bridgehead atoms. The number of rotatable bonds is 1. The van der Waals surface area contributed by atoms with Crippen molar-refractivity contribution in [3.05, 3.63) is 35.4 Å². The number of amides is 1. The number of carbonyl (C=O) groups is 2. The summed E-state index contributed by atoms with van der Waals surface area (Å²) in [7, 11) is 0. The van der Waals surface area contributed by atoms with E-state index in [2.05, 4.69) is 0 Å². The predicted molar refractivity (Wildman–Crippen MR) is 56.4 cm³/mol. The third kappa shape index (κ3) is 1.83. The number of carboxylic acid groups (broad SMARTS) is 2. The highest BCUT2D eigenvalue weighted by molar-refractivity contribution is 5.80. The van der Waals surface area contributed by atoms with Crippen molar-refractivity contribution in [2.45, 2.75) is 18.7 Å². The van der Waals surface area contributed by atoms with Gasteiger partial charge in [-0.15, -0.1) is 0 Å². The first-order valence-corrected chi connectivity index (χ1v) is 5.02.